The number of hydrogen-bond acceptors (Lipinski definition) is 4. The van der Waals surface area contributed by atoms with Crippen LogP contribution in [0.5, 0.6) is 5.88 Å². The molecule has 0 radical (unpaired) electrons. The zero-order valence-electron chi connectivity index (χ0n) is 26.3. The molecule has 3 aliphatic rings. The fraction of sp³-hybridized carbons (Fsp3) is 0.263. The molecule has 2 N–H and O–H groups in total. The number of carbonyl (C=O) groups is 1. The number of benzene rings is 4. The molecule has 9 heteroatoms. The van der Waals surface area contributed by atoms with Gasteiger partial charge < -0.3 is 10.1 Å². The summed E-state index contributed by atoms with van der Waals surface area (Å²) in [4.78, 5) is 14.5. The minimum atomic E-state index is -3.77. The lowest BCUT2D eigenvalue weighted by atomic mass is 9.78. The van der Waals surface area contributed by atoms with Crippen molar-refractivity contribution in [2.24, 2.45) is 4.36 Å². The van der Waals surface area contributed by atoms with Gasteiger partial charge in [0.15, 0.2) is 9.92 Å². The smallest absolute Gasteiger partial charge is 0.354 e. The molecule has 8 nitrogen and oxygen atoms in total. The summed E-state index contributed by atoms with van der Waals surface area (Å²) < 4.78 is 31.8. The average molecular weight is 644 g/mol. The summed E-state index contributed by atoms with van der Waals surface area (Å²) in [6.07, 6.45) is 7.48. The van der Waals surface area contributed by atoms with E-state index in [4.69, 9.17) is 4.74 Å². The van der Waals surface area contributed by atoms with Crippen LogP contribution >= 0.6 is 0 Å². The van der Waals surface area contributed by atoms with E-state index in [-0.39, 0.29) is 10.9 Å². The zero-order valence-corrected chi connectivity index (χ0v) is 27.1. The maximum Gasteiger partial charge on any atom is 0.354 e. The average Bonchev–Trinajstić information content (AvgIpc) is 3.91. The molecule has 0 bridgehead atoms. The summed E-state index contributed by atoms with van der Waals surface area (Å²) >= 11 is 0. The molecule has 8 rings (SSSR count). The van der Waals surface area contributed by atoms with Crippen LogP contribution in [0.1, 0.15) is 64.8 Å². The number of nitrogens with one attached hydrogen (secondary N) is 2. The lowest BCUT2D eigenvalue weighted by Crippen LogP contribution is -2.48. The standard InChI is InChI=1S/C38H37N5O3S/c1-26-25-46-36-34(24-39-43(26)36)47(45,41-37(44)40-35-32-21-11-13-27(32)23-28-14-12-22-33(28)35)42-38(29-15-5-2-6-16-29,30-17-7-3-8-18-30)31-19-9-4-10-20-31/h2-10,15-20,23-24,26H,11-14,21-22,25H2,1H3,(H2,40,41,42,44,45)/t26-,47+/m0/s1. The topological polar surface area (TPSA) is 97.6 Å². The fourth-order valence-corrected chi connectivity index (χ4v) is 9.42. The van der Waals surface area contributed by atoms with Crippen LogP contribution in [-0.4, -0.2) is 26.6 Å². The largest absolute Gasteiger partial charge is 0.475 e. The fourth-order valence-electron chi connectivity index (χ4n) is 7.54. The Kier molecular flexibility index (Phi) is 7.45. The molecule has 2 amide bonds. The second-order valence-corrected chi connectivity index (χ2v) is 14.5. The van der Waals surface area contributed by atoms with E-state index in [0.717, 1.165) is 60.9 Å². The molecule has 238 valence electrons. The first-order chi connectivity index (χ1) is 23.0. The van der Waals surface area contributed by atoms with Crippen molar-refractivity contribution in [3.63, 3.8) is 0 Å². The molecule has 1 aromatic heterocycles. The van der Waals surface area contributed by atoms with E-state index in [2.05, 4.69) is 25.6 Å². The molecule has 5 aromatic rings. The molecule has 0 spiro atoms. The van der Waals surface area contributed by atoms with Crippen LogP contribution in [0.15, 0.2) is 113 Å². The molecule has 2 atom stereocenters. The Morgan fingerprint density at radius 1 is 0.851 bits per heavy atom. The molecule has 1 aliphatic heterocycles. The van der Waals surface area contributed by atoms with Crippen LogP contribution in [0.2, 0.25) is 0 Å². The number of rotatable bonds is 7. The number of amides is 2. The second kappa shape index (κ2) is 11.8. The highest BCUT2D eigenvalue weighted by atomic mass is 32.2. The van der Waals surface area contributed by atoms with E-state index >= 15 is 4.21 Å². The van der Waals surface area contributed by atoms with Crippen molar-refractivity contribution in [2.75, 3.05) is 11.9 Å². The predicted molar refractivity (Wildman–Crippen MR) is 183 cm³/mol. The van der Waals surface area contributed by atoms with E-state index in [1.54, 1.807) is 4.68 Å². The van der Waals surface area contributed by atoms with Crippen LogP contribution in [0.4, 0.5) is 10.5 Å². The van der Waals surface area contributed by atoms with Crippen molar-refractivity contribution in [3.8, 4) is 5.88 Å². The van der Waals surface area contributed by atoms with E-state index < -0.39 is 21.5 Å². The van der Waals surface area contributed by atoms with Crippen molar-refractivity contribution in [1.82, 2.24) is 14.5 Å². The maximum atomic E-state index is 15.8. The number of nitrogens with zero attached hydrogens (tertiary/aromatic N) is 3. The monoisotopic (exact) mass is 643 g/mol. The van der Waals surface area contributed by atoms with E-state index in [0.29, 0.717) is 12.5 Å². The van der Waals surface area contributed by atoms with Gasteiger partial charge in [0.1, 0.15) is 17.0 Å². The maximum absolute atomic E-state index is 15.8. The van der Waals surface area contributed by atoms with Crippen molar-refractivity contribution in [2.45, 2.75) is 61.9 Å². The van der Waals surface area contributed by atoms with Gasteiger partial charge >= 0.3 is 6.03 Å². The Morgan fingerprint density at radius 3 is 1.91 bits per heavy atom. The predicted octanol–water partition coefficient (Wildman–Crippen LogP) is 7.37. The molecule has 2 heterocycles. The second-order valence-electron chi connectivity index (χ2n) is 12.7. The van der Waals surface area contributed by atoms with Crippen LogP contribution in [0.3, 0.4) is 0 Å². The summed E-state index contributed by atoms with van der Waals surface area (Å²) in [6, 6.07) is 31.3. The number of aryl methyl sites for hydroxylation is 2. The molecular weight excluding hydrogens is 607 g/mol. The third-order valence-electron chi connectivity index (χ3n) is 9.72. The number of urea groups is 1. The van der Waals surface area contributed by atoms with Gasteiger partial charge in [-0.25, -0.2) is 18.4 Å². The summed E-state index contributed by atoms with van der Waals surface area (Å²) in [5.74, 6) is 0.358. The number of carbonyl (C=O) groups excluding carboxylic acids is 1. The van der Waals surface area contributed by atoms with Crippen LogP contribution in [-0.2, 0) is 41.1 Å². The van der Waals surface area contributed by atoms with Crippen molar-refractivity contribution in [3.05, 3.63) is 142 Å². The Hall–Kier alpha value is -4.73. The summed E-state index contributed by atoms with van der Waals surface area (Å²) in [5, 5.41) is 7.71. The molecule has 0 fully saturated rings. The van der Waals surface area contributed by atoms with Gasteiger partial charge in [0.2, 0.25) is 5.88 Å². The van der Waals surface area contributed by atoms with Gasteiger partial charge in [-0.05, 0) is 84.4 Å². The van der Waals surface area contributed by atoms with E-state index in [1.165, 1.54) is 28.5 Å². The Balaban J connectivity index is 1.34. The van der Waals surface area contributed by atoms with Gasteiger partial charge in [-0.3, -0.25) is 0 Å². The molecule has 0 unspecified atom stereocenters. The van der Waals surface area contributed by atoms with Crippen LogP contribution < -0.4 is 14.8 Å². The first kappa shape index (κ1) is 29.7. The third-order valence-corrected chi connectivity index (χ3v) is 11.6. The Morgan fingerprint density at radius 2 is 1.38 bits per heavy atom. The van der Waals surface area contributed by atoms with Gasteiger partial charge in [0.25, 0.3) is 0 Å². The van der Waals surface area contributed by atoms with E-state index in [9.17, 15) is 4.79 Å². The number of ether oxygens (including phenoxy) is 1. The summed E-state index contributed by atoms with van der Waals surface area (Å²) in [7, 11) is -3.77. The molecule has 0 saturated heterocycles. The van der Waals surface area contributed by atoms with Gasteiger partial charge in [-0.1, -0.05) is 97.1 Å². The van der Waals surface area contributed by atoms with Gasteiger partial charge in [-0.2, -0.15) is 5.10 Å². The molecule has 2 aliphatic carbocycles. The first-order valence-corrected chi connectivity index (χ1v) is 17.9. The van der Waals surface area contributed by atoms with Crippen molar-refractivity contribution < 1.29 is 13.7 Å². The van der Waals surface area contributed by atoms with E-state index in [1.807, 2.05) is 97.9 Å². The van der Waals surface area contributed by atoms with Crippen LogP contribution in [0.25, 0.3) is 0 Å². The number of anilines is 1. The minimum Gasteiger partial charge on any atom is -0.475 e. The van der Waals surface area contributed by atoms with Crippen molar-refractivity contribution >= 4 is 21.6 Å². The van der Waals surface area contributed by atoms with Gasteiger partial charge in [0.05, 0.1) is 12.2 Å². The molecular formula is C38H37N5O3S. The lowest BCUT2D eigenvalue weighted by molar-refractivity contribution is 0.260. The van der Waals surface area contributed by atoms with Crippen molar-refractivity contribution in [1.29, 1.82) is 0 Å². The lowest BCUT2D eigenvalue weighted by Gasteiger charge is -2.37. The Labute approximate surface area is 275 Å². The molecule has 0 saturated carbocycles. The number of fused-ring (bicyclic) bond motifs is 3. The first-order valence-electron chi connectivity index (χ1n) is 16.4. The molecule has 4 aromatic carbocycles. The highest BCUT2D eigenvalue weighted by Crippen LogP contribution is 2.42. The van der Waals surface area contributed by atoms with Crippen LogP contribution in [0, 0.1) is 0 Å². The van der Waals surface area contributed by atoms with Gasteiger partial charge in [-0.15, -0.1) is 4.36 Å². The van der Waals surface area contributed by atoms with Gasteiger partial charge in [0, 0.05) is 5.69 Å². The normalized spacial score (nSPS) is 17.7. The minimum absolute atomic E-state index is 0.0483. The Bertz CT molecular complexity index is 1960. The summed E-state index contributed by atoms with van der Waals surface area (Å²) in [5.41, 5.74) is 7.19. The quantitative estimate of drug-likeness (QED) is 0.181. The number of hydrogen-bond donors (Lipinski definition) is 2. The summed E-state index contributed by atoms with van der Waals surface area (Å²) in [6.45, 7) is 2.38. The highest BCUT2D eigenvalue weighted by Gasteiger charge is 2.42. The molecule has 47 heavy (non-hydrogen) atoms. The highest BCUT2D eigenvalue weighted by molar-refractivity contribution is 7.92. The SMILES string of the molecule is C[C@H]1COc2c([S@@](=O)(=NC(=O)Nc3c4c(cc5c3CCC5)CCC4)NC(c3ccccc3)(c3ccccc3)c3ccccc3)cnn21. The zero-order chi connectivity index (χ0) is 32.0. The number of aromatic nitrogens is 2. The third kappa shape index (κ3) is 5.05.